The molecule has 25 heavy (non-hydrogen) atoms. The number of aromatic nitrogens is 1. The first-order valence-corrected chi connectivity index (χ1v) is 9.60. The second-order valence-corrected chi connectivity index (χ2v) is 7.45. The van der Waals surface area contributed by atoms with Gasteiger partial charge in [0.25, 0.3) is 0 Å². The quantitative estimate of drug-likeness (QED) is 0.585. The topological polar surface area (TPSA) is 37.4 Å². The highest BCUT2D eigenvalue weighted by molar-refractivity contribution is 8.00. The molecule has 128 valence electrons. The fourth-order valence-corrected chi connectivity index (χ4v) is 3.93. The lowest BCUT2D eigenvalue weighted by Gasteiger charge is -2.31. The van der Waals surface area contributed by atoms with Crippen molar-refractivity contribution in [2.75, 3.05) is 22.8 Å². The Kier molecular flexibility index (Phi) is 4.70. The van der Waals surface area contributed by atoms with E-state index in [9.17, 15) is 4.39 Å². The Labute approximate surface area is 157 Å². The Balaban J connectivity index is 1.58. The maximum absolute atomic E-state index is 13.8. The normalized spacial score (nSPS) is 13.3. The molecule has 0 fully saturated rings. The molecule has 0 spiro atoms. The van der Waals surface area contributed by atoms with Gasteiger partial charge in [0.15, 0.2) is 5.13 Å². The fraction of sp³-hybridized carbons (Fsp3) is 0.118. The van der Waals surface area contributed by atoms with Crippen LogP contribution in [0.25, 0.3) is 0 Å². The van der Waals surface area contributed by atoms with Crippen molar-refractivity contribution in [3.8, 4) is 5.75 Å². The van der Waals surface area contributed by atoms with Crippen LogP contribution in [0.1, 0.15) is 0 Å². The molecule has 1 aliphatic rings. The highest BCUT2D eigenvalue weighted by Gasteiger charge is 2.21. The van der Waals surface area contributed by atoms with Crippen LogP contribution < -0.4 is 14.4 Å². The fourth-order valence-electron chi connectivity index (χ4n) is 2.56. The third-order valence-electron chi connectivity index (χ3n) is 3.70. The number of thiazole rings is 1. The van der Waals surface area contributed by atoms with Crippen LogP contribution in [-0.4, -0.2) is 18.1 Å². The van der Waals surface area contributed by atoms with Gasteiger partial charge in [0, 0.05) is 22.2 Å². The van der Waals surface area contributed by atoms with Crippen LogP contribution >= 0.6 is 34.9 Å². The van der Waals surface area contributed by atoms with Crippen molar-refractivity contribution < 1.29 is 9.13 Å². The molecular formula is C17H13ClFN3OS2. The molecule has 0 bridgehead atoms. The molecule has 0 atom stereocenters. The van der Waals surface area contributed by atoms with Crippen molar-refractivity contribution in [1.29, 1.82) is 0 Å². The molecule has 1 N–H and O–H groups in total. The Bertz CT molecular complexity index is 892. The summed E-state index contributed by atoms with van der Waals surface area (Å²) >= 11 is 8.80. The van der Waals surface area contributed by atoms with Gasteiger partial charge in [-0.3, -0.25) is 0 Å². The molecule has 4 nitrogen and oxygen atoms in total. The van der Waals surface area contributed by atoms with Crippen molar-refractivity contribution >= 4 is 51.4 Å². The smallest absolute Gasteiger partial charge is 0.192 e. The lowest BCUT2D eigenvalue weighted by Crippen LogP contribution is -2.28. The molecule has 8 heteroatoms. The Morgan fingerprint density at radius 3 is 3.00 bits per heavy atom. The van der Waals surface area contributed by atoms with Crippen LogP contribution in [0.5, 0.6) is 5.75 Å². The zero-order valence-electron chi connectivity index (χ0n) is 12.9. The van der Waals surface area contributed by atoms with Crippen molar-refractivity contribution in [2.45, 2.75) is 4.90 Å². The van der Waals surface area contributed by atoms with Gasteiger partial charge in [-0.15, -0.1) is 11.3 Å². The minimum absolute atomic E-state index is 0.122. The summed E-state index contributed by atoms with van der Waals surface area (Å²) in [6.07, 6.45) is 1.76. The number of anilines is 3. The molecule has 2 aromatic carbocycles. The average molecular weight is 394 g/mol. The molecule has 1 aromatic heterocycles. The first-order valence-electron chi connectivity index (χ1n) is 7.52. The molecule has 0 amide bonds. The average Bonchev–Trinajstić information content (AvgIpc) is 3.15. The minimum atomic E-state index is -0.424. The van der Waals surface area contributed by atoms with Crippen LogP contribution in [-0.2, 0) is 0 Å². The molecule has 3 aromatic rings. The third kappa shape index (κ3) is 3.53. The Hall–Kier alpha value is -1.96. The number of nitrogens with one attached hydrogen (secondary N) is 1. The maximum atomic E-state index is 13.8. The van der Waals surface area contributed by atoms with E-state index in [2.05, 4.69) is 9.71 Å². The van der Waals surface area contributed by atoms with Crippen molar-refractivity contribution in [1.82, 2.24) is 4.98 Å². The molecule has 0 saturated heterocycles. The van der Waals surface area contributed by atoms with E-state index in [1.807, 2.05) is 34.5 Å². The van der Waals surface area contributed by atoms with Gasteiger partial charge in [-0.25, -0.2) is 9.37 Å². The van der Waals surface area contributed by atoms with Crippen molar-refractivity contribution in [3.63, 3.8) is 0 Å². The standard InChI is InChI=1S/C17H13ClFN3OS2/c18-13-3-1-11(9-14(13)19)22-6-7-23-16-10-12(2-4-15(16)22)25-21-17-20-5-8-24-17/h1-5,8-10H,6-7H2,(H,20,21). The zero-order chi connectivity index (χ0) is 17.2. The first-order chi connectivity index (χ1) is 12.2. The van der Waals surface area contributed by atoms with Gasteiger partial charge in [0.05, 0.1) is 17.3 Å². The summed E-state index contributed by atoms with van der Waals surface area (Å²) in [6.45, 7) is 1.18. The number of fused-ring (bicyclic) bond motifs is 1. The molecule has 4 rings (SSSR count). The molecular weight excluding hydrogens is 381 g/mol. The van der Waals surface area contributed by atoms with Gasteiger partial charge in [-0.05, 0) is 48.3 Å². The van der Waals surface area contributed by atoms with E-state index in [0.29, 0.717) is 13.2 Å². The van der Waals surface area contributed by atoms with Gasteiger partial charge in [-0.1, -0.05) is 11.6 Å². The lowest BCUT2D eigenvalue weighted by molar-refractivity contribution is 0.313. The number of hydrogen-bond acceptors (Lipinski definition) is 6. The van der Waals surface area contributed by atoms with E-state index in [4.69, 9.17) is 16.3 Å². The predicted octanol–water partition coefficient (Wildman–Crippen LogP) is 5.59. The minimum Gasteiger partial charge on any atom is -0.489 e. The van der Waals surface area contributed by atoms with E-state index in [-0.39, 0.29) is 5.02 Å². The van der Waals surface area contributed by atoms with Crippen LogP contribution in [0.3, 0.4) is 0 Å². The van der Waals surface area contributed by atoms with Crippen molar-refractivity contribution in [2.24, 2.45) is 0 Å². The second kappa shape index (κ2) is 7.11. The van der Waals surface area contributed by atoms with Crippen LogP contribution in [0, 0.1) is 5.82 Å². The summed E-state index contributed by atoms with van der Waals surface area (Å²) in [6, 6.07) is 10.8. The molecule has 0 saturated carbocycles. The molecule has 1 aliphatic heterocycles. The van der Waals surface area contributed by atoms with E-state index < -0.39 is 5.82 Å². The third-order valence-corrected chi connectivity index (χ3v) is 5.61. The highest BCUT2D eigenvalue weighted by atomic mass is 35.5. The molecule has 2 heterocycles. The zero-order valence-corrected chi connectivity index (χ0v) is 15.3. The van der Waals surface area contributed by atoms with E-state index in [1.165, 1.54) is 18.0 Å². The van der Waals surface area contributed by atoms with Crippen LogP contribution in [0.2, 0.25) is 5.02 Å². The predicted molar refractivity (Wildman–Crippen MR) is 102 cm³/mol. The number of benzene rings is 2. The van der Waals surface area contributed by atoms with Gasteiger partial charge in [-0.2, -0.15) is 0 Å². The van der Waals surface area contributed by atoms with E-state index in [0.717, 1.165) is 27.2 Å². The van der Waals surface area contributed by atoms with E-state index >= 15 is 0 Å². The van der Waals surface area contributed by atoms with Gasteiger partial charge < -0.3 is 14.4 Å². The summed E-state index contributed by atoms with van der Waals surface area (Å²) in [7, 11) is 0. The van der Waals surface area contributed by atoms with E-state index in [1.54, 1.807) is 23.6 Å². The Morgan fingerprint density at radius 2 is 2.20 bits per heavy atom. The summed E-state index contributed by atoms with van der Waals surface area (Å²) < 4.78 is 22.8. The number of hydrogen-bond donors (Lipinski definition) is 1. The SMILES string of the molecule is Fc1cc(N2CCOc3cc(SNc4nccs4)ccc32)ccc1Cl. The van der Waals surface area contributed by atoms with Crippen molar-refractivity contribution in [3.05, 3.63) is 58.8 Å². The van der Waals surface area contributed by atoms with Crippen LogP contribution in [0.4, 0.5) is 20.9 Å². The van der Waals surface area contributed by atoms with Gasteiger partial charge in [0.1, 0.15) is 18.2 Å². The number of nitrogens with zero attached hydrogens (tertiary/aromatic N) is 2. The molecule has 0 unspecified atom stereocenters. The second-order valence-electron chi connectivity index (χ2n) is 5.27. The number of rotatable bonds is 4. The molecule has 0 radical (unpaired) electrons. The summed E-state index contributed by atoms with van der Waals surface area (Å²) in [5.74, 6) is 0.347. The number of halogens is 2. The first kappa shape index (κ1) is 16.5. The molecule has 0 aliphatic carbocycles. The lowest BCUT2D eigenvalue weighted by atomic mass is 10.2. The summed E-state index contributed by atoms with van der Waals surface area (Å²) in [5.41, 5.74) is 1.67. The number of ether oxygens (including phenoxy) is 1. The maximum Gasteiger partial charge on any atom is 0.192 e. The van der Waals surface area contributed by atoms with Gasteiger partial charge >= 0.3 is 0 Å². The largest absolute Gasteiger partial charge is 0.489 e. The van der Waals surface area contributed by atoms with Gasteiger partial charge in [0.2, 0.25) is 0 Å². The monoisotopic (exact) mass is 393 g/mol. The van der Waals surface area contributed by atoms with Crippen LogP contribution in [0.15, 0.2) is 52.9 Å². The summed E-state index contributed by atoms with van der Waals surface area (Å²) in [5, 5.41) is 2.89. The Morgan fingerprint density at radius 1 is 1.28 bits per heavy atom. The highest BCUT2D eigenvalue weighted by Crippen LogP contribution is 2.39. The summed E-state index contributed by atoms with van der Waals surface area (Å²) in [4.78, 5) is 7.23.